The molecule has 0 radical (unpaired) electrons. The standard InChI is InChI=1S/C12H14ClN3O3S/c1-2-7-15-20(18,19)11-8-5-3-4-6-9(8)16(13)10(11)12(14)17/h3-6,15H,2,7H2,1H3,(H2,14,17). The van der Waals surface area contributed by atoms with Gasteiger partial charge in [0.15, 0.2) is 0 Å². The summed E-state index contributed by atoms with van der Waals surface area (Å²) in [6.45, 7) is 2.10. The molecule has 0 saturated heterocycles. The van der Waals surface area contributed by atoms with Gasteiger partial charge < -0.3 is 5.73 Å². The molecule has 0 fully saturated rings. The van der Waals surface area contributed by atoms with Gasteiger partial charge in [-0.05, 0) is 12.5 Å². The van der Waals surface area contributed by atoms with E-state index in [1.54, 1.807) is 24.3 Å². The average Bonchev–Trinajstić information content (AvgIpc) is 2.71. The van der Waals surface area contributed by atoms with Crippen LogP contribution in [0.5, 0.6) is 0 Å². The molecule has 1 aromatic carbocycles. The highest BCUT2D eigenvalue weighted by molar-refractivity contribution is 7.89. The second kappa shape index (κ2) is 5.43. The molecule has 1 amide bonds. The van der Waals surface area contributed by atoms with Crippen molar-refractivity contribution < 1.29 is 13.2 Å². The van der Waals surface area contributed by atoms with Crippen molar-refractivity contribution in [3.05, 3.63) is 30.0 Å². The molecule has 0 unspecified atom stereocenters. The summed E-state index contributed by atoms with van der Waals surface area (Å²) in [5.74, 6) is -0.895. The van der Waals surface area contributed by atoms with Gasteiger partial charge in [0, 0.05) is 23.7 Å². The van der Waals surface area contributed by atoms with Crippen LogP contribution < -0.4 is 10.5 Å². The predicted octanol–water partition coefficient (Wildman–Crippen LogP) is 1.43. The molecule has 0 bridgehead atoms. The van der Waals surface area contributed by atoms with E-state index in [-0.39, 0.29) is 17.1 Å². The molecule has 0 atom stereocenters. The first-order chi connectivity index (χ1) is 9.40. The summed E-state index contributed by atoms with van der Waals surface area (Å²) in [4.78, 5) is 11.4. The molecule has 108 valence electrons. The van der Waals surface area contributed by atoms with Crippen molar-refractivity contribution in [3.63, 3.8) is 0 Å². The number of para-hydroxylation sites is 1. The summed E-state index contributed by atoms with van der Waals surface area (Å²) in [6, 6.07) is 6.57. The summed E-state index contributed by atoms with van der Waals surface area (Å²) < 4.78 is 28.1. The third kappa shape index (κ3) is 2.39. The summed E-state index contributed by atoms with van der Waals surface area (Å²) in [5.41, 5.74) is 5.45. The van der Waals surface area contributed by atoms with Crippen LogP contribution in [0.25, 0.3) is 10.9 Å². The van der Waals surface area contributed by atoms with Crippen LogP contribution in [-0.2, 0) is 10.0 Å². The number of nitrogens with two attached hydrogens (primary N) is 1. The van der Waals surface area contributed by atoms with Gasteiger partial charge in [-0.15, -0.1) is 0 Å². The summed E-state index contributed by atoms with van der Waals surface area (Å²) in [7, 11) is -3.86. The van der Waals surface area contributed by atoms with Crippen LogP contribution >= 0.6 is 11.8 Å². The van der Waals surface area contributed by atoms with Gasteiger partial charge in [-0.2, -0.15) is 0 Å². The Kier molecular flexibility index (Phi) is 4.03. The maximum absolute atomic E-state index is 12.4. The van der Waals surface area contributed by atoms with E-state index in [1.807, 2.05) is 6.92 Å². The Morgan fingerprint density at radius 3 is 2.65 bits per heavy atom. The van der Waals surface area contributed by atoms with Crippen molar-refractivity contribution in [2.75, 3.05) is 6.54 Å². The van der Waals surface area contributed by atoms with E-state index in [0.29, 0.717) is 17.3 Å². The first-order valence-corrected chi connectivity index (χ1v) is 7.81. The molecule has 8 heteroatoms. The highest BCUT2D eigenvalue weighted by Crippen LogP contribution is 2.30. The Morgan fingerprint density at radius 2 is 2.05 bits per heavy atom. The van der Waals surface area contributed by atoms with Crippen molar-refractivity contribution >= 4 is 38.6 Å². The number of nitrogens with zero attached hydrogens (tertiary/aromatic N) is 1. The zero-order valence-corrected chi connectivity index (χ0v) is 12.3. The van der Waals surface area contributed by atoms with Crippen LogP contribution in [0.4, 0.5) is 0 Å². The zero-order chi connectivity index (χ0) is 14.9. The normalized spacial score (nSPS) is 11.9. The zero-order valence-electron chi connectivity index (χ0n) is 10.8. The molecular weight excluding hydrogens is 302 g/mol. The fraction of sp³-hybridized carbons (Fsp3) is 0.250. The van der Waals surface area contributed by atoms with Gasteiger partial charge in [-0.3, -0.25) is 4.79 Å². The number of aromatic nitrogens is 1. The highest BCUT2D eigenvalue weighted by atomic mass is 35.5. The highest BCUT2D eigenvalue weighted by Gasteiger charge is 2.29. The molecule has 2 aromatic rings. The van der Waals surface area contributed by atoms with Crippen LogP contribution in [0.2, 0.25) is 0 Å². The number of amides is 1. The van der Waals surface area contributed by atoms with Gasteiger partial charge in [0.25, 0.3) is 5.91 Å². The van der Waals surface area contributed by atoms with E-state index in [1.165, 1.54) is 0 Å². The number of fused-ring (bicyclic) bond motifs is 1. The molecule has 0 saturated carbocycles. The van der Waals surface area contributed by atoms with Crippen molar-refractivity contribution in [1.29, 1.82) is 0 Å². The SMILES string of the molecule is CCCNS(=O)(=O)c1c(C(N)=O)n(Cl)c2ccccc12. The smallest absolute Gasteiger partial charge is 0.268 e. The third-order valence-electron chi connectivity index (χ3n) is 2.82. The van der Waals surface area contributed by atoms with Gasteiger partial charge in [0.05, 0.1) is 5.52 Å². The van der Waals surface area contributed by atoms with Crippen LogP contribution in [0.1, 0.15) is 23.8 Å². The molecule has 0 aliphatic carbocycles. The molecule has 0 aliphatic rings. The van der Waals surface area contributed by atoms with E-state index < -0.39 is 15.9 Å². The number of sulfonamides is 1. The molecule has 0 aliphatic heterocycles. The Bertz CT molecular complexity index is 768. The fourth-order valence-electron chi connectivity index (χ4n) is 1.96. The van der Waals surface area contributed by atoms with Gasteiger partial charge in [-0.25, -0.2) is 17.2 Å². The van der Waals surface area contributed by atoms with Gasteiger partial charge >= 0.3 is 0 Å². The van der Waals surface area contributed by atoms with Crippen molar-refractivity contribution in [2.24, 2.45) is 5.73 Å². The number of nitrogens with one attached hydrogen (secondary N) is 1. The van der Waals surface area contributed by atoms with E-state index in [9.17, 15) is 13.2 Å². The van der Waals surface area contributed by atoms with Gasteiger partial charge in [0.2, 0.25) is 10.0 Å². The Labute approximate surface area is 121 Å². The minimum absolute atomic E-state index is 0.177. The van der Waals surface area contributed by atoms with Crippen LogP contribution in [0.15, 0.2) is 29.2 Å². The maximum atomic E-state index is 12.4. The number of hydrogen-bond acceptors (Lipinski definition) is 3. The lowest BCUT2D eigenvalue weighted by Crippen LogP contribution is -2.27. The number of carbonyl (C=O) groups excluding carboxylic acids is 1. The Morgan fingerprint density at radius 1 is 1.40 bits per heavy atom. The maximum Gasteiger partial charge on any atom is 0.268 e. The quantitative estimate of drug-likeness (QED) is 0.874. The molecule has 2 rings (SSSR count). The van der Waals surface area contributed by atoms with Crippen LogP contribution in [-0.4, -0.2) is 25.0 Å². The monoisotopic (exact) mass is 315 g/mol. The molecule has 3 N–H and O–H groups in total. The second-order valence-electron chi connectivity index (χ2n) is 4.24. The Hall–Kier alpha value is -1.57. The molecule has 6 nitrogen and oxygen atoms in total. The van der Waals surface area contributed by atoms with E-state index in [0.717, 1.165) is 4.09 Å². The first kappa shape index (κ1) is 14.8. The molecule has 1 aromatic heterocycles. The lowest BCUT2D eigenvalue weighted by Gasteiger charge is -2.06. The van der Waals surface area contributed by atoms with E-state index in [4.69, 9.17) is 17.5 Å². The number of carbonyl (C=O) groups is 1. The van der Waals surface area contributed by atoms with Gasteiger partial charge in [-0.1, -0.05) is 25.1 Å². The lowest BCUT2D eigenvalue weighted by atomic mass is 10.2. The number of benzene rings is 1. The fourth-order valence-corrected chi connectivity index (χ4v) is 3.85. The largest absolute Gasteiger partial charge is 0.364 e. The topological polar surface area (TPSA) is 94.2 Å². The minimum atomic E-state index is -3.86. The van der Waals surface area contributed by atoms with Crippen molar-refractivity contribution in [1.82, 2.24) is 8.81 Å². The minimum Gasteiger partial charge on any atom is -0.364 e. The first-order valence-electron chi connectivity index (χ1n) is 5.99. The number of hydrogen-bond donors (Lipinski definition) is 2. The van der Waals surface area contributed by atoms with Crippen molar-refractivity contribution in [2.45, 2.75) is 18.2 Å². The third-order valence-corrected chi connectivity index (χ3v) is 4.70. The number of primary amides is 1. The van der Waals surface area contributed by atoms with E-state index >= 15 is 0 Å². The summed E-state index contributed by atoms with van der Waals surface area (Å²) in [6.07, 6.45) is 0.630. The average molecular weight is 316 g/mol. The van der Waals surface area contributed by atoms with E-state index in [2.05, 4.69) is 4.72 Å². The summed E-state index contributed by atoms with van der Waals surface area (Å²) >= 11 is 6.02. The molecule has 1 heterocycles. The second-order valence-corrected chi connectivity index (χ2v) is 6.28. The number of rotatable bonds is 5. The molecule has 0 spiro atoms. The van der Waals surface area contributed by atoms with Crippen molar-refractivity contribution in [3.8, 4) is 0 Å². The molecular formula is C12H14ClN3O3S. The number of halogens is 1. The molecule has 20 heavy (non-hydrogen) atoms. The van der Waals surface area contributed by atoms with Crippen LogP contribution in [0.3, 0.4) is 0 Å². The van der Waals surface area contributed by atoms with Crippen LogP contribution in [0, 0.1) is 0 Å². The summed E-state index contributed by atoms with van der Waals surface area (Å²) in [5, 5.41) is 0.361. The lowest BCUT2D eigenvalue weighted by molar-refractivity contribution is 0.0992. The van der Waals surface area contributed by atoms with Gasteiger partial charge in [0.1, 0.15) is 10.6 Å². The predicted molar refractivity (Wildman–Crippen MR) is 77.2 cm³/mol. The Balaban J connectivity index is 2.80.